The van der Waals surface area contributed by atoms with Crippen LogP contribution in [0.2, 0.25) is 0 Å². The number of carbonyl (C=O) groups is 2. The average molecular weight is 333 g/mol. The molecule has 9 heteroatoms. The maximum absolute atomic E-state index is 12.2. The highest BCUT2D eigenvalue weighted by Crippen LogP contribution is 2.30. The van der Waals surface area contributed by atoms with Crippen LogP contribution < -0.4 is 15.3 Å². The third kappa shape index (κ3) is 3.69. The van der Waals surface area contributed by atoms with Gasteiger partial charge in [-0.15, -0.1) is 0 Å². The number of nitrogens with one attached hydrogen (secondary N) is 2. The van der Waals surface area contributed by atoms with E-state index in [0.29, 0.717) is 12.0 Å². The zero-order chi connectivity index (χ0) is 17.1. The van der Waals surface area contributed by atoms with E-state index in [-0.39, 0.29) is 23.8 Å². The van der Waals surface area contributed by atoms with Crippen molar-refractivity contribution in [3.8, 4) is 5.75 Å². The summed E-state index contributed by atoms with van der Waals surface area (Å²) >= 11 is 0. The van der Waals surface area contributed by atoms with Crippen molar-refractivity contribution in [3.05, 3.63) is 29.3 Å². The summed E-state index contributed by atoms with van der Waals surface area (Å²) in [4.78, 5) is 25.4. The molecule has 2 heterocycles. The molecule has 1 fully saturated rings. The van der Waals surface area contributed by atoms with Gasteiger partial charge in [0.1, 0.15) is 5.75 Å². The fourth-order valence-corrected chi connectivity index (χ4v) is 3.04. The number of carbonyl (C=O) groups excluding carboxylic acids is 1. The van der Waals surface area contributed by atoms with Gasteiger partial charge in [0, 0.05) is 26.2 Å². The molecule has 0 radical (unpaired) electrons. The first-order valence-corrected chi connectivity index (χ1v) is 7.97. The van der Waals surface area contributed by atoms with Crippen molar-refractivity contribution >= 4 is 19.0 Å². The van der Waals surface area contributed by atoms with E-state index >= 15 is 0 Å². The first-order chi connectivity index (χ1) is 11.5. The van der Waals surface area contributed by atoms with Crippen LogP contribution in [0.15, 0.2) is 18.2 Å². The Bertz CT molecular complexity index is 636. The van der Waals surface area contributed by atoms with Crippen LogP contribution in [0, 0.1) is 0 Å². The second-order valence-corrected chi connectivity index (χ2v) is 6.01. The van der Waals surface area contributed by atoms with Crippen LogP contribution >= 0.6 is 0 Å². The number of fused-ring (bicyclic) bond motifs is 1. The summed E-state index contributed by atoms with van der Waals surface area (Å²) < 4.78 is 5.36. The van der Waals surface area contributed by atoms with Gasteiger partial charge in [-0.05, 0) is 18.1 Å². The number of para-hydroxylation sites is 1. The van der Waals surface area contributed by atoms with E-state index in [9.17, 15) is 19.7 Å². The minimum Gasteiger partial charge on any atom is -0.534 e. The Morgan fingerprint density at radius 1 is 1.38 bits per heavy atom. The maximum atomic E-state index is 12.2. The third-order valence-corrected chi connectivity index (χ3v) is 4.27. The number of hydrogen-bond donors (Lipinski definition) is 4. The molecule has 8 nitrogen and oxygen atoms in total. The van der Waals surface area contributed by atoms with Crippen LogP contribution in [0.25, 0.3) is 0 Å². The molecule has 1 amide bonds. The van der Waals surface area contributed by atoms with Crippen molar-refractivity contribution in [2.45, 2.75) is 12.4 Å². The van der Waals surface area contributed by atoms with E-state index < -0.39 is 19.0 Å². The second-order valence-electron chi connectivity index (χ2n) is 6.01. The minimum atomic E-state index is -1.27. The van der Waals surface area contributed by atoms with Gasteiger partial charge in [0.25, 0.3) is 0 Å². The van der Waals surface area contributed by atoms with Gasteiger partial charge in [-0.3, -0.25) is 9.69 Å². The molecule has 0 spiro atoms. The van der Waals surface area contributed by atoms with Crippen molar-refractivity contribution in [2.24, 2.45) is 0 Å². The Morgan fingerprint density at radius 2 is 2.12 bits per heavy atom. The predicted molar refractivity (Wildman–Crippen MR) is 86.9 cm³/mol. The summed E-state index contributed by atoms with van der Waals surface area (Å²) in [7, 11) is -1.27. The highest BCUT2D eigenvalue weighted by atomic mass is 16.5. The second kappa shape index (κ2) is 7.21. The van der Waals surface area contributed by atoms with Crippen LogP contribution in [-0.4, -0.2) is 72.7 Å². The third-order valence-electron chi connectivity index (χ3n) is 4.27. The molecule has 0 aromatic heterocycles. The summed E-state index contributed by atoms with van der Waals surface area (Å²) in [6.45, 7) is 3.60. The molecule has 2 aliphatic heterocycles. The van der Waals surface area contributed by atoms with E-state index in [1.807, 2.05) is 4.90 Å². The van der Waals surface area contributed by atoms with Gasteiger partial charge in [0.2, 0.25) is 5.91 Å². The van der Waals surface area contributed by atoms with Crippen LogP contribution in [-0.2, 0) is 11.2 Å². The fraction of sp³-hybridized carbons (Fsp3) is 0.467. The van der Waals surface area contributed by atoms with Crippen LogP contribution in [0.5, 0.6) is 5.75 Å². The molecule has 0 unspecified atom stereocenters. The highest BCUT2D eigenvalue weighted by Gasteiger charge is 2.37. The standard InChI is InChI=1S/C15H20BN3O5/c20-13(9-19-6-4-17-5-7-19)18-12-8-10-2-1-3-11(15(21)22)14(10)24-16(12)23/h1-3,12,17,23H,4-9H2,(H,18,20)(H,21,22)/t12-/m0/s1. The van der Waals surface area contributed by atoms with Crippen molar-refractivity contribution in [2.75, 3.05) is 32.7 Å². The molecule has 0 saturated carbocycles. The Hall–Kier alpha value is -2.10. The Balaban J connectivity index is 1.64. The largest absolute Gasteiger partial charge is 0.547 e. The normalized spacial score (nSPS) is 20.9. The van der Waals surface area contributed by atoms with E-state index in [4.69, 9.17) is 4.65 Å². The average Bonchev–Trinajstić information content (AvgIpc) is 2.55. The van der Waals surface area contributed by atoms with Crippen LogP contribution in [0.3, 0.4) is 0 Å². The fourth-order valence-electron chi connectivity index (χ4n) is 3.04. The van der Waals surface area contributed by atoms with Gasteiger partial charge in [-0.2, -0.15) is 0 Å². The Kier molecular flexibility index (Phi) is 5.03. The summed E-state index contributed by atoms with van der Waals surface area (Å²) in [5, 5.41) is 25.3. The summed E-state index contributed by atoms with van der Waals surface area (Å²) in [6.07, 6.45) is 0.324. The van der Waals surface area contributed by atoms with Gasteiger partial charge < -0.3 is 25.4 Å². The van der Waals surface area contributed by atoms with Gasteiger partial charge in [0.05, 0.1) is 18.0 Å². The highest BCUT2D eigenvalue weighted by molar-refractivity contribution is 6.47. The Morgan fingerprint density at radius 3 is 2.83 bits per heavy atom. The molecule has 1 atom stereocenters. The smallest absolute Gasteiger partial charge is 0.534 e. The first-order valence-electron chi connectivity index (χ1n) is 7.97. The molecule has 1 saturated heterocycles. The number of benzene rings is 1. The molecule has 0 bridgehead atoms. The van der Waals surface area contributed by atoms with E-state index in [1.165, 1.54) is 6.07 Å². The lowest BCUT2D eigenvalue weighted by atomic mass is 9.72. The van der Waals surface area contributed by atoms with E-state index in [1.54, 1.807) is 12.1 Å². The first kappa shape index (κ1) is 16.8. The van der Waals surface area contributed by atoms with Crippen LogP contribution in [0.1, 0.15) is 15.9 Å². The zero-order valence-corrected chi connectivity index (χ0v) is 13.2. The van der Waals surface area contributed by atoms with Gasteiger partial charge in [0.15, 0.2) is 0 Å². The summed E-state index contributed by atoms with van der Waals surface area (Å²) in [5.74, 6) is -1.72. The number of aromatic carboxylic acids is 1. The molecular formula is C15H20BN3O5. The SMILES string of the molecule is O=C(CN1CCNCC1)N[C@H]1Cc2cccc(C(=O)O)c2OB1O. The molecule has 2 aliphatic rings. The number of hydrogen-bond acceptors (Lipinski definition) is 6. The van der Waals surface area contributed by atoms with Crippen molar-refractivity contribution in [3.63, 3.8) is 0 Å². The number of nitrogens with zero attached hydrogens (tertiary/aromatic N) is 1. The summed E-state index contributed by atoms with van der Waals surface area (Å²) in [6, 6.07) is 4.79. The van der Waals surface area contributed by atoms with Crippen molar-refractivity contribution in [1.82, 2.24) is 15.5 Å². The van der Waals surface area contributed by atoms with Gasteiger partial charge >= 0.3 is 13.1 Å². The molecule has 4 N–H and O–H groups in total. The molecule has 1 aromatic carbocycles. The van der Waals surface area contributed by atoms with Crippen molar-refractivity contribution < 1.29 is 24.4 Å². The van der Waals surface area contributed by atoms with E-state index in [0.717, 1.165) is 26.2 Å². The minimum absolute atomic E-state index is 0.0112. The maximum Gasteiger partial charge on any atom is 0.547 e. The molecule has 1 aromatic rings. The predicted octanol–water partition coefficient (Wildman–Crippen LogP) is -1.27. The molecule has 3 rings (SSSR count). The quantitative estimate of drug-likeness (QED) is 0.509. The molecular weight excluding hydrogens is 313 g/mol. The lowest BCUT2D eigenvalue weighted by Crippen LogP contribution is -2.56. The Labute approximate surface area is 139 Å². The topological polar surface area (TPSA) is 111 Å². The van der Waals surface area contributed by atoms with Crippen molar-refractivity contribution in [1.29, 1.82) is 0 Å². The van der Waals surface area contributed by atoms with Gasteiger partial charge in [-0.1, -0.05) is 12.1 Å². The number of rotatable bonds is 4. The number of carboxylic acids is 1. The molecule has 24 heavy (non-hydrogen) atoms. The monoisotopic (exact) mass is 333 g/mol. The van der Waals surface area contributed by atoms with Gasteiger partial charge in [-0.25, -0.2) is 4.79 Å². The zero-order valence-electron chi connectivity index (χ0n) is 13.2. The molecule has 128 valence electrons. The summed E-state index contributed by atoms with van der Waals surface area (Å²) in [5.41, 5.74) is 0.671. The van der Waals surface area contributed by atoms with E-state index in [2.05, 4.69) is 10.6 Å². The number of amides is 1. The number of piperazine rings is 1. The molecule has 0 aliphatic carbocycles. The lowest BCUT2D eigenvalue weighted by Gasteiger charge is -2.30. The van der Waals surface area contributed by atoms with Crippen LogP contribution in [0.4, 0.5) is 0 Å². The number of carboxylic acid groups (broad SMARTS) is 1. The lowest BCUT2D eigenvalue weighted by molar-refractivity contribution is -0.122.